The Labute approximate surface area is 118 Å². The van der Waals surface area contributed by atoms with Gasteiger partial charge in [0, 0.05) is 12.1 Å². The fraction of sp³-hybridized carbons (Fsp3) is 0.647. The average Bonchev–Trinajstić information content (AvgIpc) is 2.64. The topological polar surface area (TPSA) is 15.3 Å². The molecule has 1 heterocycles. The first-order chi connectivity index (χ1) is 9.20. The Hall–Kier alpha value is -0.860. The molecule has 2 atom stereocenters. The largest absolute Gasteiger partial charge is 0.307 e. The molecule has 0 radical (unpaired) electrons. The van der Waals surface area contributed by atoms with Gasteiger partial charge in [-0.05, 0) is 63.9 Å². The van der Waals surface area contributed by atoms with Gasteiger partial charge in [0.15, 0.2) is 0 Å². The number of hydrogen-bond donors (Lipinski definition) is 1. The third-order valence-electron chi connectivity index (χ3n) is 4.41. The van der Waals surface area contributed by atoms with Crippen LogP contribution in [0.5, 0.6) is 0 Å². The standard InChI is InChI=1S/C17H28N2/c1-4-19-12-7-9-16(11-13-19)18-15(3)17-10-6-5-8-14(17)2/h5-6,8,10,15-16,18H,4,7,9,11-13H2,1-3H3/t15-,16?/m1/s1. The molecular formula is C17H28N2. The van der Waals surface area contributed by atoms with Crippen LogP contribution in [0.25, 0.3) is 0 Å². The second-order valence-corrected chi connectivity index (χ2v) is 5.81. The lowest BCUT2D eigenvalue weighted by atomic mass is 10.0. The van der Waals surface area contributed by atoms with Crippen molar-refractivity contribution in [1.29, 1.82) is 0 Å². The Bertz CT molecular complexity index is 389. The van der Waals surface area contributed by atoms with E-state index in [-0.39, 0.29) is 0 Å². The number of nitrogens with zero attached hydrogens (tertiary/aromatic N) is 1. The van der Waals surface area contributed by atoms with Crippen molar-refractivity contribution < 1.29 is 0 Å². The quantitative estimate of drug-likeness (QED) is 0.891. The van der Waals surface area contributed by atoms with Crippen molar-refractivity contribution in [3.05, 3.63) is 35.4 Å². The maximum atomic E-state index is 3.83. The van der Waals surface area contributed by atoms with Crippen molar-refractivity contribution in [3.63, 3.8) is 0 Å². The van der Waals surface area contributed by atoms with E-state index in [1.54, 1.807) is 0 Å². The molecular weight excluding hydrogens is 232 g/mol. The van der Waals surface area contributed by atoms with Crippen LogP contribution in [0.3, 0.4) is 0 Å². The number of nitrogens with one attached hydrogen (secondary N) is 1. The molecule has 106 valence electrons. The van der Waals surface area contributed by atoms with E-state index in [4.69, 9.17) is 0 Å². The summed E-state index contributed by atoms with van der Waals surface area (Å²) in [6.45, 7) is 10.5. The molecule has 1 N–H and O–H groups in total. The highest BCUT2D eigenvalue weighted by molar-refractivity contribution is 5.28. The van der Waals surface area contributed by atoms with Gasteiger partial charge in [0.1, 0.15) is 0 Å². The summed E-state index contributed by atoms with van der Waals surface area (Å²) in [5, 5.41) is 3.83. The van der Waals surface area contributed by atoms with Crippen molar-refractivity contribution in [2.75, 3.05) is 19.6 Å². The van der Waals surface area contributed by atoms with E-state index in [1.807, 2.05) is 0 Å². The molecule has 0 bridgehead atoms. The second kappa shape index (κ2) is 7.06. The van der Waals surface area contributed by atoms with E-state index < -0.39 is 0 Å². The molecule has 0 saturated carbocycles. The van der Waals surface area contributed by atoms with E-state index in [9.17, 15) is 0 Å². The minimum absolute atomic E-state index is 0.458. The molecule has 2 heteroatoms. The zero-order chi connectivity index (χ0) is 13.7. The number of aryl methyl sites for hydroxylation is 1. The first kappa shape index (κ1) is 14.5. The lowest BCUT2D eigenvalue weighted by molar-refractivity contribution is 0.295. The van der Waals surface area contributed by atoms with E-state index >= 15 is 0 Å². The maximum Gasteiger partial charge on any atom is 0.0296 e. The molecule has 0 spiro atoms. The molecule has 19 heavy (non-hydrogen) atoms. The van der Waals surface area contributed by atoms with Gasteiger partial charge in [-0.2, -0.15) is 0 Å². The normalized spacial score (nSPS) is 23.0. The Morgan fingerprint density at radius 3 is 2.79 bits per heavy atom. The minimum atomic E-state index is 0.458. The van der Waals surface area contributed by atoms with Crippen LogP contribution in [-0.2, 0) is 0 Å². The Morgan fingerprint density at radius 2 is 2.05 bits per heavy atom. The Kier molecular flexibility index (Phi) is 5.41. The highest BCUT2D eigenvalue weighted by Crippen LogP contribution is 2.20. The van der Waals surface area contributed by atoms with Gasteiger partial charge in [-0.3, -0.25) is 0 Å². The predicted molar refractivity (Wildman–Crippen MR) is 82.5 cm³/mol. The maximum absolute atomic E-state index is 3.83. The molecule has 1 aromatic rings. The third kappa shape index (κ3) is 4.05. The molecule has 1 saturated heterocycles. The van der Waals surface area contributed by atoms with Crippen molar-refractivity contribution in [3.8, 4) is 0 Å². The molecule has 1 fully saturated rings. The van der Waals surface area contributed by atoms with Crippen LogP contribution < -0.4 is 5.32 Å². The van der Waals surface area contributed by atoms with Crippen LogP contribution in [0, 0.1) is 6.92 Å². The third-order valence-corrected chi connectivity index (χ3v) is 4.41. The zero-order valence-corrected chi connectivity index (χ0v) is 12.7. The number of likely N-dealkylation sites (tertiary alicyclic amines) is 1. The molecule has 2 rings (SSSR count). The Morgan fingerprint density at radius 1 is 1.26 bits per heavy atom. The number of rotatable bonds is 4. The van der Waals surface area contributed by atoms with Gasteiger partial charge in [-0.15, -0.1) is 0 Å². The van der Waals surface area contributed by atoms with E-state index in [0.29, 0.717) is 12.1 Å². The van der Waals surface area contributed by atoms with Gasteiger partial charge >= 0.3 is 0 Å². The van der Waals surface area contributed by atoms with Gasteiger partial charge in [0.25, 0.3) is 0 Å². The average molecular weight is 260 g/mol. The highest BCUT2D eigenvalue weighted by Gasteiger charge is 2.18. The second-order valence-electron chi connectivity index (χ2n) is 5.81. The van der Waals surface area contributed by atoms with E-state index in [2.05, 4.69) is 55.3 Å². The first-order valence-corrected chi connectivity index (χ1v) is 7.74. The van der Waals surface area contributed by atoms with Crippen LogP contribution >= 0.6 is 0 Å². The van der Waals surface area contributed by atoms with Gasteiger partial charge in [0.05, 0.1) is 0 Å². The minimum Gasteiger partial charge on any atom is -0.307 e. The summed E-state index contributed by atoms with van der Waals surface area (Å²) in [7, 11) is 0. The fourth-order valence-corrected chi connectivity index (χ4v) is 3.15. The molecule has 0 amide bonds. The van der Waals surface area contributed by atoms with Gasteiger partial charge in [-0.25, -0.2) is 0 Å². The summed E-state index contributed by atoms with van der Waals surface area (Å²) in [5.74, 6) is 0. The van der Waals surface area contributed by atoms with E-state index in [1.165, 1.54) is 50.0 Å². The van der Waals surface area contributed by atoms with Crippen LogP contribution in [0.4, 0.5) is 0 Å². The van der Waals surface area contributed by atoms with Crippen LogP contribution in [0.1, 0.15) is 50.3 Å². The summed E-state index contributed by atoms with van der Waals surface area (Å²) < 4.78 is 0. The lowest BCUT2D eigenvalue weighted by Gasteiger charge is -2.24. The highest BCUT2D eigenvalue weighted by atomic mass is 15.1. The molecule has 1 aliphatic heterocycles. The van der Waals surface area contributed by atoms with Gasteiger partial charge in [0.2, 0.25) is 0 Å². The van der Waals surface area contributed by atoms with Gasteiger partial charge < -0.3 is 10.2 Å². The van der Waals surface area contributed by atoms with Crippen molar-refractivity contribution in [2.45, 2.75) is 52.1 Å². The van der Waals surface area contributed by atoms with Crippen LogP contribution in [0.15, 0.2) is 24.3 Å². The molecule has 1 aromatic carbocycles. The summed E-state index contributed by atoms with van der Waals surface area (Å²) in [6, 6.07) is 9.86. The predicted octanol–water partition coefficient (Wildman–Crippen LogP) is 3.52. The smallest absolute Gasteiger partial charge is 0.0296 e. The summed E-state index contributed by atoms with van der Waals surface area (Å²) in [4.78, 5) is 2.57. The van der Waals surface area contributed by atoms with Gasteiger partial charge in [-0.1, -0.05) is 31.2 Å². The van der Waals surface area contributed by atoms with Crippen molar-refractivity contribution >= 4 is 0 Å². The summed E-state index contributed by atoms with van der Waals surface area (Å²) >= 11 is 0. The van der Waals surface area contributed by atoms with Crippen LogP contribution in [0.2, 0.25) is 0 Å². The molecule has 1 unspecified atom stereocenters. The Balaban J connectivity index is 1.92. The number of benzene rings is 1. The SMILES string of the molecule is CCN1CCCC(N[C@H](C)c2ccccc2C)CC1. The fourth-order valence-electron chi connectivity index (χ4n) is 3.15. The number of hydrogen-bond acceptors (Lipinski definition) is 2. The summed E-state index contributed by atoms with van der Waals surface area (Å²) in [5.41, 5.74) is 2.84. The van der Waals surface area contributed by atoms with Crippen molar-refractivity contribution in [1.82, 2.24) is 10.2 Å². The zero-order valence-electron chi connectivity index (χ0n) is 12.7. The van der Waals surface area contributed by atoms with Crippen LogP contribution in [-0.4, -0.2) is 30.6 Å². The summed E-state index contributed by atoms with van der Waals surface area (Å²) in [6.07, 6.45) is 3.92. The molecule has 0 aromatic heterocycles. The molecule has 2 nitrogen and oxygen atoms in total. The molecule has 1 aliphatic rings. The first-order valence-electron chi connectivity index (χ1n) is 7.74. The molecule has 0 aliphatic carbocycles. The lowest BCUT2D eigenvalue weighted by Crippen LogP contribution is -2.33. The van der Waals surface area contributed by atoms with E-state index in [0.717, 1.165) is 0 Å². The van der Waals surface area contributed by atoms with Crippen molar-refractivity contribution in [2.24, 2.45) is 0 Å². The monoisotopic (exact) mass is 260 g/mol.